The average molecular weight is 628 g/mol. The third kappa shape index (κ3) is 6.86. The highest BCUT2D eigenvalue weighted by Gasteiger charge is 2.38. The zero-order chi connectivity index (χ0) is 31.6. The number of aromatic amines is 1. The summed E-state index contributed by atoms with van der Waals surface area (Å²) in [4.78, 5) is 42.0. The maximum Gasteiger partial charge on any atom is 0.290 e. The minimum Gasteiger partial charge on any atom is -0.443 e. The minimum absolute atomic E-state index is 0.0586. The Bertz CT molecular complexity index is 1840. The van der Waals surface area contributed by atoms with E-state index in [0.717, 1.165) is 47.2 Å². The van der Waals surface area contributed by atoms with E-state index in [-0.39, 0.29) is 34.9 Å². The number of likely N-dealkylation sites (tertiary alicyclic amines) is 1. The van der Waals surface area contributed by atoms with Crippen LogP contribution in [0.2, 0.25) is 0 Å². The van der Waals surface area contributed by atoms with Crippen LogP contribution in [0.15, 0.2) is 64.0 Å². The Labute approximate surface area is 265 Å². The lowest BCUT2D eigenvalue weighted by Gasteiger charge is -2.25. The normalized spacial score (nSPS) is 18.8. The Hall–Kier alpha value is -4.31. The summed E-state index contributed by atoms with van der Waals surface area (Å²) < 4.78 is 12.6. The summed E-state index contributed by atoms with van der Waals surface area (Å²) in [5.41, 5.74) is 3.35. The van der Waals surface area contributed by atoms with E-state index in [1.165, 1.54) is 17.7 Å². The molecule has 0 spiro atoms. The molecule has 2 amide bonds. The Kier molecular flexibility index (Phi) is 8.85. The van der Waals surface area contributed by atoms with Gasteiger partial charge in [-0.15, -0.1) is 11.3 Å². The van der Waals surface area contributed by atoms with Crippen LogP contribution in [-0.2, 0) is 22.6 Å². The van der Waals surface area contributed by atoms with Gasteiger partial charge in [0.05, 0.1) is 39.6 Å². The Morgan fingerprint density at radius 1 is 1.36 bits per heavy atom. The van der Waals surface area contributed by atoms with Crippen LogP contribution in [-0.4, -0.2) is 63.6 Å². The van der Waals surface area contributed by atoms with Gasteiger partial charge < -0.3 is 28.9 Å². The van der Waals surface area contributed by atoms with Gasteiger partial charge in [0.15, 0.2) is 12.2 Å². The molecule has 0 bridgehead atoms. The van der Waals surface area contributed by atoms with Crippen molar-refractivity contribution in [3.05, 3.63) is 70.6 Å². The smallest absolute Gasteiger partial charge is 0.290 e. The minimum atomic E-state index is -0.381. The third-order valence-corrected chi connectivity index (χ3v) is 9.63. The van der Waals surface area contributed by atoms with E-state index in [4.69, 9.17) is 9.15 Å². The van der Waals surface area contributed by atoms with Crippen molar-refractivity contribution < 1.29 is 18.7 Å². The van der Waals surface area contributed by atoms with Gasteiger partial charge in [0.25, 0.3) is 11.8 Å². The SMILES string of the molecule is COC[C@H](C)NCc1ccc2c(c1)[nH]/c(=N\C(=O)c1ccc(-c3cnco3)s1)n2C[C@H]1CCCN1C(=O)/C(C#N)=C/C1(C)CC1. The molecule has 1 saturated heterocycles. The fourth-order valence-electron chi connectivity index (χ4n) is 5.77. The molecule has 1 saturated carbocycles. The monoisotopic (exact) mass is 627 g/mol. The summed E-state index contributed by atoms with van der Waals surface area (Å²) in [5, 5.41) is 13.3. The van der Waals surface area contributed by atoms with Crippen molar-refractivity contribution in [2.75, 3.05) is 20.3 Å². The fourth-order valence-corrected chi connectivity index (χ4v) is 6.61. The number of hydrogen-bond acceptors (Lipinski definition) is 8. The van der Waals surface area contributed by atoms with E-state index in [1.54, 1.807) is 19.4 Å². The van der Waals surface area contributed by atoms with Crippen molar-refractivity contribution >= 4 is 34.2 Å². The quantitative estimate of drug-likeness (QED) is 0.180. The standard InChI is InChI=1S/C33H37N7O4S/c1-21(19-43-3)36-16-22-6-7-26-25(13-22)37-32(38-30(41)29-9-8-28(45-29)27-17-35-20-44-27)40(26)18-24-5-4-12-39(24)31(42)23(15-34)14-33(2)10-11-33/h6-9,13-14,17,20-21,24,36H,4-5,10-12,16,18-19H2,1-3H3,(H,37,38,41)/b23-14+/t21-,24+/m0/s1. The van der Waals surface area contributed by atoms with Gasteiger partial charge in [-0.05, 0) is 67.9 Å². The number of hydrogen-bond donors (Lipinski definition) is 2. The van der Waals surface area contributed by atoms with Crippen LogP contribution in [0.5, 0.6) is 0 Å². The second-order valence-corrected chi connectivity index (χ2v) is 13.3. The van der Waals surface area contributed by atoms with Gasteiger partial charge in [0.2, 0.25) is 5.62 Å². The number of nitriles is 1. The maximum absolute atomic E-state index is 13.6. The molecule has 234 valence electrons. The van der Waals surface area contributed by atoms with Crippen molar-refractivity contribution in [1.82, 2.24) is 24.8 Å². The summed E-state index contributed by atoms with van der Waals surface area (Å²) in [5.74, 6) is -0.0126. The van der Waals surface area contributed by atoms with Crippen LogP contribution in [0.1, 0.15) is 54.8 Å². The molecule has 11 nitrogen and oxygen atoms in total. The lowest BCUT2D eigenvalue weighted by molar-refractivity contribution is -0.127. The summed E-state index contributed by atoms with van der Waals surface area (Å²) in [7, 11) is 1.68. The van der Waals surface area contributed by atoms with Gasteiger partial charge in [0, 0.05) is 32.8 Å². The van der Waals surface area contributed by atoms with Crippen molar-refractivity contribution in [3.63, 3.8) is 0 Å². The molecule has 2 fully saturated rings. The second-order valence-electron chi connectivity index (χ2n) is 12.2. The highest BCUT2D eigenvalue weighted by molar-refractivity contribution is 7.17. The predicted octanol–water partition coefficient (Wildman–Crippen LogP) is 4.79. The van der Waals surface area contributed by atoms with E-state index < -0.39 is 0 Å². The number of carbonyl (C=O) groups is 2. The number of methoxy groups -OCH3 is 1. The number of thiophene rings is 1. The third-order valence-electron chi connectivity index (χ3n) is 8.54. The summed E-state index contributed by atoms with van der Waals surface area (Å²) in [6, 6.07) is 11.9. The fraction of sp³-hybridized carbons (Fsp3) is 0.424. The number of H-pyrrole nitrogens is 1. The molecule has 2 aliphatic rings. The summed E-state index contributed by atoms with van der Waals surface area (Å²) in [6.45, 7) is 6.42. The van der Waals surface area contributed by atoms with Crippen molar-refractivity contribution in [2.24, 2.45) is 10.4 Å². The molecule has 45 heavy (non-hydrogen) atoms. The molecule has 0 radical (unpaired) electrons. The lowest BCUT2D eigenvalue weighted by Crippen LogP contribution is -2.40. The molecule has 4 aromatic rings. The number of aromatic nitrogens is 3. The molecule has 0 unspecified atom stereocenters. The molecular weight excluding hydrogens is 590 g/mol. The zero-order valence-corrected chi connectivity index (χ0v) is 26.5. The first-order valence-electron chi connectivity index (χ1n) is 15.2. The van der Waals surface area contributed by atoms with Crippen molar-refractivity contribution in [2.45, 2.75) is 64.7 Å². The highest BCUT2D eigenvalue weighted by atomic mass is 32.1. The first-order valence-corrected chi connectivity index (χ1v) is 16.0. The van der Waals surface area contributed by atoms with E-state index in [2.05, 4.69) is 52.3 Å². The van der Waals surface area contributed by atoms with Gasteiger partial charge >= 0.3 is 0 Å². The topological polar surface area (TPSA) is 142 Å². The Morgan fingerprint density at radius 2 is 2.20 bits per heavy atom. The number of imidazole rings is 1. The van der Waals surface area contributed by atoms with E-state index >= 15 is 0 Å². The Morgan fingerprint density at radius 3 is 2.93 bits per heavy atom. The van der Waals surface area contributed by atoms with E-state index in [0.29, 0.717) is 42.5 Å². The Balaban J connectivity index is 1.33. The number of nitrogens with one attached hydrogen (secondary N) is 2. The van der Waals surface area contributed by atoms with Gasteiger partial charge in [-0.3, -0.25) is 9.59 Å². The van der Waals surface area contributed by atoms with Crippen LogP contribution >= 0.6 is 11.3 Å². The van der Waals surface area contributed by atoms with Crippen molar-refractivity contribution in [3.8, 4) is 16.7 Å². The molecule has 1 aliphatic heterocycles. The average Bonchev–Trinajstić information content (AvgIpc) is 3.60. The number of allylic oxidation sites excluding steroid dienone is 1. The molecule has 6 rings (SSSR count). The largest absolute Gasteiger partial charge is 0.443 e. The molecule has 2 atom stereocenters. The number of nitrogens with zero attached hydrogens (tertiary/aromatic N) is 5. The van der Waals surface area contributed by atoms with Gasteiger partial charge in [-0.1, -0.05) is 19.1 Å². The van der Waals surface area contributed by atoms with Gasteiger partial charge in [-0.25, -0.2) is 4.98 Å². The van der Waals surface area contributed by atoms with Crippen LogP contribution < -0.4 is 10.9 Å². The molecule has 12 heteroatoms. The maximum atomic E-state index is 13.6. The molecule has 2 N–H and O–H groups in total. The lowest BCUT2D eigenvalue weighted by atomic mass is 10.0. The summed E-state index contributed by atoms with van der Waals surface area (Å²) >= 11 is 1.29. The summed E-state index contributed by atoms with van der Waals surface area (Å²) in [6.07, 6.45) is 8.43. The van der Waals surface area contributed by atoms with E-state index in [1.807, 2.05) is 27.7 Å². The number of oxazole rings is 1. The van der Waals surface area contributed by atoms with Gasteiger partial charge in [0.1, 0.15) is 11.6 Å². The van der Waals surface area contributed by atoms with E-state index in [9.17, 15) is 14.9 Å². The number of ether oxygens (including phenoxy) is 1. The zero-order valence-electron chi connectivity index (χ0n) is 25.7. The molecule has 3 aromatic heterocycles. The van der Waals surface area contributed by atoms with Crippen molar-refractivity contribution in [1.29, 1.82) is 5.26 Å². The first-order chi connectivity index (χ1) is 21.8. The van der Waals surface area contributed by atoms with Crippen LogP contribution in [0, 0.1) is 16.7 Å². The van der Waals surface area contributed by atoms with Crippen LogP contribution in [0.25, 0.3) is 21.7 Å². The number of carbonyl (C=O) groups excluding carboxylic acids is 2. The van der Waals surface area contributed by atoms with Crippen LogP contribution in [0.3, 0.4) is 0 Å². The molecular formula is C33H37N7O4S. The molecule has 1 aliphatic carbocycles. The number of rotatable bonds is 11. The predicted molar refractivity (Wildman–Crippen MR) is 170 cm³/mol. The van der Waals surface area contributed by atoms with Crippen LogP contribution in [0.4, 0.5) is 0 Å². The molecule has 1 aromatic carbocycles. The second kappa shape index (κ2) is 13.0. The number of benzene rings is 1. The van der Waals surface area contributed by atoms with Gasteiger partial charge in [-0.2, -0.15) is 10.3 Å². The number of fused-ring (bicyclic) bond motifs is 1. The molecule has 4 heterocycles. The number of amides is 2. The highest BCUT2D eigenvalue weighted by Crippen LogP contribution is 2.47. The first kappa shape index (κ1) is 30.7.